The molecule has 0 aliphatic heterocycles. The van der Waals surface area contributed by atoms with Gasteiger partial charge in [0.1, 0.15) is 11.5 Å². The first-order valence-electron chi connectivity index (χ1n) is 11.8. The molecule has 0 radical (unpaired) electrons. The predicted molar refractivity (Wildman–Crippen MR) is 146 cm³/mol. The van der Waals surface area contributed by atoms with E-state index in [0.29, 0.717) is 5.92 Å². The van der Waals surface area contributed by atoms with Crippen molar-refractivity contribution < 1.29 is 14.3 Å². The molecule has 0 spiro atoms. The highest BCUT2D eigenvalue weighted by Gasteiger charge is 2.45. The van der Waals surface area contributed by atoms with Crippen molar-refractivity contribution in [1.82, 2.24) is 0 Å². The van der Waals surface area contributed by atoms with Gasteiger partial charge >= 0.3 is 0 Å². The molecule has 1 unspecified atom stereocenters. The van der Waals surface area contributed by atoms with Crippen LogP contribution in [0.4, 0.5) is 0 Å². The van der Waals surface area contributed by atoms with Crippen molar-refractivity contribution in [3.05, 3.63) is 33.8 Å². The van der Waals surface area contributed by atoms with Gasteiger partial charge in [0.25, 0.3) is 0 Å². The standard InChI is InChI=1S/C26H45BrO3Si2/c1-18-12-19(2)21(26(28,16-18)17-31(7,8)9)13-20-14-24(29-6)22(27)15-23(20)30-32(10,11)25(3,4)5/h14-16,19,21,28H,12-13,17H2,1-11H3/t19-,21+,26?/m1/s1. The normalized spacial score (nSPS) is 24.8. The van der Waals surface area contributed by atoms with Gasteiger partial charge in [0.2, 0.25) is 8.32 Å². The summed E-state index contributed by atoms with van der Waals surface area (Å²) in [5, 5.41) is 12.1. The van der Waals surface area contributed by atoms with E-state index < -0.39 is 22.0 Å². The highest BCUT2D eigenvalue weighted by atomic mass is 79.9. The topological polar surface area (TPSA) is 38.7 Å². The molecule has 1 aliphatic rings. The van der Waals surface area contributed by atoms with Crippen LogP contribution in [0.25, 0.3) is 0 Å². The third kappa shape index (κ3) is 6.52. The first-order chi connectivity index (χ1) is 14.4. The molecular weight excluding hydrogens is 496 g/mol. The number of halogens is 1. The van der Waals surface area contributed by atoms with Gasteiger partial charge in [-0.15, -0.1) is 0 Å². The average molecular weight is 542 g/mol. The molecule has 0 heterocycles. The summed E-state index contributed by atoms with van der Waals surface area (Å²) in [6.45, 7) is 22.9. The number of benzene rings is 1. The maximum Gasteiger partial charge on any atom is 0.250 e. The van der Waals surface area contributed by atoms with Crippen molar-refractivity contribution in [3.8, 4) is 11.5 Å². The molecule has 0 aromatic heterocycles. The molecule has 1 N–H and O–H groups in total. The monoisotopic (exact) mass is 540 g/mol. The van der Waals surface area contributed by atoms with Crippen LogP contribution in [0.1, 0.15) is 46.6 Å². The molecule has 0 amide bonds. The number of rotatable bonds is 7. The predicted octanol–water partition coefficient (Wildman–Crippen LogP) is 8.06. The van der Waals surface area contributed by atoms with E-state index >= 15 is 0 Å². The van der Waals surface area contributed by atoms with Crippen LogP contribution in [0.15, 0.2) is 28.3 Å². The van der Waals surface area contributed by atoms with Crippen molar-refractivity contribution in [2.75, 3.05) is 7.11 Å². The molecule has 3 atom stereocenters. The molecule has 3 nitrogen and oxygen atoms in total. The molecule has 0 saturated heterocycles. The van der Waals surface area contributed by atoms with Crippen LogP contribution in [0, 0.1) is 11.8 Å². The Morgan fingerprint density at radius 1 is 1.12 bits per heavy atom. The van der Waals surface area contributed by atoms with Crippen molar-refractivity contribution in [3.63, 3.8) is 0 Å². The average Bonchev–Trinajstić information content (AvgIpc) is 2.56. The zero-order valence-electron chi connectivity index (χ0n) is 22.1. The summed E-state index contributed by atoms with van der Waals surface area (Å²) in [6.07, 6.45) is 3.98. The van der Waals surface area contributed by atoms with Crippen LogP contribution in [0.3, 0.4) is 0 Å². The van der Waals surface area contributed by atoms with Gasteiger partial charge in [-0.2, -0.15) is 0 Å². The first-order valence-corrected chi connectivity index (χ1v) is 19.3. The zero-order chi connectivity index (χ0) is 24.7. The summed E-state index contributed by atoms with van der Waals surface area (Å²) in [5.74, 6) is 2.28. The van der Waals surface area contributed by atoms with Crippen LogP contribution in [0.5, 0.6) is 11.5 Å². The van der Waals surface area contributed by atoms with Crippen LogP contribution < -0.4 is 9.16 Å². The van der Waals surface area contributed by atoms with Gasteiger partial charge in [-0.1, -0.05) is 59.0 Å². The van der Waals surface area contributed by atoms with E-state index in [9.17, 15) is 5.11 Å². The smallest absolute Gasteiger partial charge is 0.250 e. The van der Waals surface area contributed by atoms with E-state index in [1.165, 1.54) is 5.57 Å². The Morgan fingerprint density at radius 3 is 2.22 bits per heavy atom. The number of aliphatic hydroxyl groups is 1. The number of hydrogen-bond donors (Lipinski definition) is 1. The van der Waals surface area contributed by atoms with Crippen LogP contribution in [0.2, 0.25) is 43.8 Å². The largest absolute Gasteiger partial charge is 0.543 e. The molecule has 182 valence electrons. The number of allylic oxidation sites excluding steroid dienone is 1. The van der Waals surface area contributed by atoms with E-state index in [0.717, 1.165) is 40.4 Å². The minimum absolute atomic E-state index is 0.104. The first kappa shape index (κ1) is 27.7. The van der Waals surface area contributed by atoms with Crippen molar-refractivity contribution in [2.45, 2.75) is 96.9 Å². The van der Waals surface area contributed by atoms with Crippen LogP contribution in [-0.4, -0.2) is 34.2 Å². The minimum Gasteiger partial charge on any atom is -0.543 e. The second-order valence-electron chi connectivity index (χ2n) is 12.7. The van der Waals surface area contributed by atoms with Gasteiger partial charge in [-0.3, -0.25) is 0 Å². The lowest BCUT2D eigenvalue weighted by Gasteiger charge is -2.45. The zero-order valence-corrected chi connectivity index (χ0v) is 25.7. The van der Waals surface area contributed by atoms with E-state index in [1.54, 1.807) is 7.11 Å². The van der Waals surface area contributed by atoms with Gasteiger partial charge in [0, 0.05) is 8.07 Å². The fraction of sp³-hybridized carbons (Fsp3) is 0.692. The van der Waals surface area contributed by atoms with Crippen LogP contribution >= 0.6 is 15.9 Å². The maximum atomic E-state index is 12.0. The lowest BCUT2D eigenvalue weighted by molar-refractivity contribution is 0.00969. The number of methoxy groups -OCH3 is 1. The Hall–Kier alpha value is -0.566. The summed E-state index contributed by atoms with van der Waals surface area (Å²) in [6, 6.07) is 5.05. The van der Waals surface area contributed by atoms with E-state index in [4.69, 9.17) is 9.16 Å². The van der Waals surface area contributed by atoms with Crippen molar-refractivity contribution in [1.29, 1.82) is 0 Å². The molecule has 1 aromatic carbocycles. The van der Waals surface area contributed by atoms with E-state index in [-0.39, 0.29) is 11.0 Å². The van der Waals surface area contributed by atoms with E-state index in [1.807, 2.05) is 0 Å². The second-order valence-corrected chi connectivity index (χ2v) is 23.7. The SMILES string of the molecule is COc1cc(C[C@H]2[C@H](C)CC(C)=CC2(O)C[Si](C)(C)C)c(O[Si](C)(C)C(C)(C)C)cc1Br. The highest BCUT2D eigenvalue weighted by Crippen LogP contribution is 2.46. The molecule has 1 aromatic rings. The minimum atomic E-state index is -2.02. The number of ether oxygens (including phenoxy) is 1. The third-order valence-corrected chi connectivity index (χ3v) is 13.8. The summed E-state index contributed by atoms with van der Waals surface area (Å²) < 4.78 is 13.4. The van der Waals surface area contributed by atoms with Crippen molar-refractivity contribution >= 4 is 32.3 Å². The summed E-state index contributed by atoms with van der Waals surface area (Å²) in [5.41, 5.74) is 1.66. The van der Waals surface area contributed by atoms with Crippen LogP contribution in [-0.2, 0) is 6.42 Å². The Kier molecular flexibility index (Phi) is 8.29. The van der Waals surface area contributed by atoms with Gasteiger partial charge in [0.05, 0.1) is 17.2 Å². The molecule has 6 heteroatoms. The Bertz CT molecular complexity index is 852. The molecule has 32 heavy (non-hydrogen) atoms. The summed E-state index contributed by atoms with van der Waals surface area (Å²) in [4.78, 5) is 0. The van der Waals surface area contributed by atoms with Crippen molar-refractivity contribution in [2.24, 2.45) is 11.8 Å². The summed E-state index contributed by atoms with van der Waals surface area (Å²) >= 11 is 3.66. The van der Waals surface area contributed by atoms with Gasteiger partial charge < -0.3 is 14.3 Å². The Morgan fingerprint density at radius 2 is 1.72 bits per heavy atom. The summed E-state index contributed by atoms with van der Waals surface area (Å²) in [7, 11) is -1.81. The second kappa shape index (κ2) is 9.59. The van der Waals surface area contributed by atoms with E-state index in [2.05, 4.69) is 101 Å². The van der Waals surface area contributed by atoms with Gasteiger partial charge in [0.15, 0.2) is 0 Å². The molecule has 0 fully saturated rings. The molecule has 1 aliphatic carbocycles. The third-order valence-electron chi connectivity index (χ3n) is 7.23. The highest BCUT2D eigenvalue weighted by molar-refractivity contribution is 9.10. The lowest BCUT2D eigenvalue weighted by atomic mass is 9.69. The number of hydrogen-bond acceptors (Lipinski definition) is 3. The lowest BCUT2D eigenvalue weighted by Crippen LogP contribution is -2.48. The molecule has 2 rings (SSSR count). The fourth-order valence-electron chi connectivity index (χ4n) is 4.80. The quantitative estimate of drug-likeness (QED) is 0.280. The Balaban J connectivity index is 2.55. The molecule has 0 saturated carbocycles. The maximum absolute atomic E-state index is 12.0. The fourth-order valence-corrected chi connectivity index (χ4v) is 8.39. The molecular formula is C26H45BrO3Si2. The van der Waals surface area contributed by atoms with Gasteiger partial charge in [-0.25, -0.2) is 0 Å². The Labute approximate surface area is 207 Å². The molecule has 0 bridgehead atoms. The van der Waals surface area contributed by atoms with Gasteiger partial charge in [-0.05, 0) is 89.4 Å².